The number of hydrogen-bond donors (Lipinski definition) is 2. The molecule has 0 spiro atoms. The zero-order chi connectivity index (χ0) is 15.0. The van der Waals surface area contributed by atoms with Crippen LogP contribution >= 0.6 is 0 Å². The SMILES string of the molecule is Cc1cc2c(NCc3ccc(C)o3)nc(N(C)C)nc2[nH]1. The molecule has 0 fully saturated rings. The second kappa shape index (κ2) is 5.12. The molecule has 3 rings (SSSR count). The number of aryl methyl sites for hydroxylation is 2. The fourth-order valence-electron chi connectivity index (χ4n) is 2.21. The highest BCUT2D eigenvalue weighted by molar-refractivity contribution is 5.88. The second-order valence-corrected chi connectivity index (χ2v) is 5.35. The number of furan rings is 1. The van der Waals surface area contributed by atoms with Gasteiger partial charge in [-0.3, -0.25) is 0 Å². The van der Waals surface area contributed by atoms with Crippen molar-refractivity contribution in [2.45, 2.75) is 20.4 Å². The molecule has 0 aromatic carbocycles. The van der Waals surface area contributed by atoms with Gasteiger partial charge in [0.05, 0.1) is 11.9 Å². The van der Waals surface area contributed by atoms with Gasteiger partial charge < -0.3 is 19.6 Å². The number of aromatic nitrogens is 3. The molecule has 0 saturated carbocycles. The Morgan fingerprint density at radius 1 is 1.24 bits per heavy atom. The average molecular weight is 285 g/mol. The van der Waals surface area contributed by atoms with Crippen molar-refractivity contribution in [2.75, 3.05) is 24.3 Å². The van der Waals surface area contributed by atoms with Crippen molar-refractivity contribution in [3.63, 3.8) is 0 Å². The highest BCUT2D eigenvalue weighted by atomic mass is 16.3. The van der Waals surface area contributed by atoms with Crippen molar-refractivity contribution < 1.29 is 4.42 Å². The van der Waals surface area contributed by atoms with Crippen molar-refractivity contribution in [3.05, 3.63) is 35.4 Å². The van der Waals surface area contributed by atoms with Crippen LogP contribution in [0.25, 0.3) is 11.0 Å². The van der Waals surface area contributed by atoms with Crippen LogP contribution in [-0.4, -0.2) is 29.0 Å². The molecule has 0 radical (unpaired) electrons. The summed E-state index contributed by atoms with van der Waals surface area (Å²) in [7, 11) is 3.85. The summed E-state index contributed by atoms with van der Waals surface area (Å²) < 4.78 is 5.58. The predicted octanol–water partition coefficient (Wildman–Crippen LogP) is 2.85. The molecule has 3 heterocycles. The van der Waals surface area contributed by atoms with Crippen molar-refractivity contribution in [3.8, 4) is 0 Å². The van der Waals surface area contributed by atoms with Gasteiger partial charge in [0.1, 0.15) is 23.0 Å². The lowest BCUT2D eigenvalue weighted by Crippen LogP contribution is -2.14. The van der Waals surface area contributed by atoms with E-state index in [0.717, 1.165) is 34.1 Å². The molecule has 0 unspecified atom stereocenters. The summed E-state index contributed by atoms with van der Waals surface area (Å²) in [6, 6.07) is 5.97. The van der Waals surface area contributed by atoms with Gasteiger partial charge in [0.15, 0.2) is 0 Å². The molecule has 110 valence electrons. The molecule has 3 aromatic rings. The zero-order valence-corrected chi connectivity index (χ0v) is 12.7. The smallest absolute Gasteiger partial charge is 0.228 e. The van der Waals surface area contributed by atoms with E-state index in [2.05, 4.69) is 20.3 Å². The van der Waals surface area contributed by atoms with Crippen LogP contribution < -0.4 is 10.2 Å². The van der Waals surface area contributed by atoms with Gasteiger partial charge in [0, 0.05) is 19.8 Å². The first-order valence-corrected chi connectivity index (χ1v) is 6.87. The number of nitrogens with zero attached hydrogens (tertiary/aromatic N) is 3. The van der Waals surface area contributed by atoms with E-state index in [4.69, 9.17) is 4.42 Å². The Hall–Kier alpha value is -2.50. The lowest BCUT2D eigenvalue weighted by molar-refractivity contribution is 0.490. The maximum atomic E-state index is 5.58. The Labute approximate surface area is 123 Å². The van der Waals surface area contributed by atoms with E-state index >= 15 is 0 Å². The highest BCUT2D eigenvalue weighted by Gasteiger charge is 2.11. The second-order valence-electron chi connectivity index (χ2n) is 5.35. The standard InChI is InChI=1S/C15H19N5O/c1-9-7-12-13(16-8-11-6-5-10(2)21-11)18-15(20(3)4)19-14(12)17-9/h5-7H,8H2,1-4H3,(H2,16,17,18,19). The summed E-state index contributed by atoms with van der Waals surface area (Å²) in [6.07, 6.45) is 0. The topological polar surface area (TPSA) is 70.0 Å². The molecular formula is C15H19N5O. The molecular weight excluding hydrogens is 266 g/mol. The summed E-state index contributed by atoms with van der Waals surface area (Å²) in [6.45, 7) is 4.54. The van der Waals surface area contributed by atoms with Crippen LogP contribution in [0.15, 0.2) is 22.6 Å². The van der Waals surface area contributed by atoms with Crippen LogP contribution in [0, 0.1) is 13.8 Å². The van der Waals surface area contributed by atoms with E-state index in [0.29, 0.717) is 12.5 Å². The van der Waals surface area contributed by atoms with Crippen LogP contribution in [0.4, 0.5) is 11.8 Å². The third-order valence-corrected chi connectivity index (χ3v) is 3.24. The number of hydrogen-bond acceptors (Lipinski definition) is 5. The molecule has 0 aliphatic rings. The monoisotopic (exact) mass is 285 g/mol. The first-order chi connectivity index (χ1) is 10.0. The predicted molar refractivity (Wildman–Crippen MR) is 83.7 cm³/mol. The number of fused-ring (bicyclic) bond motifs is 1. The molecule has 0 aliphatic heterocycles. The van der Waals surface area contributed by atoms with Gasteiger partial charge in [-0.25, -0.2) is 0 Å². The Bertz CT molecular complexity index is 772. The van der Waals surface area contributed by atoms with Crippen LogP contribution in [0.5, 0.6) is 0 Å². The number of H-pyrrole nitrogens is 1. The van der Waals surface area contributed by atoms with Crippen LogP contribution in [0.1, 0.15) is 17.2 Å². The average Bonchev–Trinajstić information content (AvgIpc) is 3.00. The maximum absolute atomic E-state index is 5.58. The molecule has 0 amide bonds. The number of nitrogens with one attached hydrogen (secondary N) is 2. The zero-order valence-electron chi connectivity index (χ0n) is 12.7. The van der Waals surface area contributed by atoms with Crippen LogP contribution in [0.2, 0.25) is 0 Å². The van der Waals surface area contributed by atoms with E-state index in [-0.39, 0.29) is 0 Å². The van der Waals surface area contributed by atoms with Crippen molar-refractivity contribution in [1.82, 2.24) is 15.0 Å². The summed E-state index contributed by atoms with van der Waals surface area (Å²) in [5.74, 6) is 3.27. The molecule has 6 nitrogen and oxygen atoms in total. The van der Waals surface area contributed by atoms with Gasteiger partial charge >= 0.3 is 0 Å². The van der Waals surface area contributed by atoms with Crippen LogP contribution in [-0.2, 0) is 6.54 Å². The normalized spacial score (nSPS) is 11.0. The fraction of sp³-hybridized carbons (Fsp3) is 0.333. The Morgan fingerprint density at radius 3 is 2.71 bits per heavy atom. The summed E-state index contributed by atoms with van der Waals surface area (Å²) in [5.41, 5.74) is 1.90. The first-order valence-electron chi connectivity index (χ1n) is 6.87. The van der Waals surface area contributed by atoms with Gasteiger partial charge in [0.2, 0.25) is 5.95 Å². The summed E-state index contributed by atoms with van der Waals surface area (Å²) in [5, 5.41) is 4.32. The molecule has 2 N–H and O–H groups in total. The lowest BCUT2D eigenvalue weighted by Gasteiger charge is -2.12. The van der Waals surface area contributed by atoms with E-state index in [1.54, 1.807) is 0 Å². The third kappa shape index (κ3) is 2.69. The third-order valence-electron chi connectivity index (χ3n) is 3.24. The van der Waals surface area contributed by atoms with Crippen molar-refractivity contribution >= 4 is 22.8 Å². The molecule has 0 saturated heterocycles. The largest absolute Gasteiger partial charge is 0.465 e. The Morgan fingerprint density at radius 2 is 2.05 bits per heavy atom. The van der Waals surface area contributed by atoms with E-state index in [1.807, 2.05) is 51.0 Å². The molecule has 0 bridgehead atoms. The van der Waals surface area contributed by atoms with Crippen molar-refractivity contribution in [1.29, 1.82) is 0 Å². The Balaban J connectivity index is 1.95. The number of aromatic amines is 1. The van der Waals surface area contributed by atoms with E-state index < -0.39 is 0 Å². The summed E-state index contributed by atoms with van der Waals surface area (Å²) >= 11 is 0. The van der Waals surface area contributed by atoms with Gasteiger partial charge in [-0.05, 0) is 32.0 Å². The summed E-state index contributed by atoms with van der Waals surface area (Å²) in [4.78, 5) is 14.2. The number of rotatable bonds is 4. The molecule has 6 heteroatoms. The minimum atomic E-state index is 0.594. The molecule has 0 atom stereocenters. The fourth-order valence-corrected chi connectivity index (χ4v) is 2.21. The van der Waals surface area contributed by atoms with Crippen LogP contribution in [0.3, 0.4) is 0 Å². The van der Waals surface area contributed by atoms with E-state index in [9.17, 15) is 0 Å². The minimum absolute atomic E-state index is 0.594. The van der Waals surface area contributed by atoms with Crippen molar-refractivity contribution in [2.24, 2.45) is 0 Å². The maximum Gasteiger partial charge on any atom is 0.228 e. The van der Waals surface area contributed by atoms with Gasteiger partial charge in [-0.2, -0.15) is 9.97 Å². The minimum Gasteiger partial charge on any atom is -0.465 e. The van der Waals surface area contributed by atoms with Gasteiger partial charge in [0.25, 0.3) is 0 Å². The quantitative estimate of drug-likeness (QED) is 0.771. The first kappa shape index (κ1) is 13.5. The number of anilines is 2. The van der Waals surface area contributed by atoms with Gasteiger partial charge in [-0.1, -0.05) is 0 Å². The lowest BCUT2D eigenvalue weighted by atomic mass is 10.3. The molecule has 3 aromatic heterocycles. The van der Waals surface area contributed by atoms with E-state index in [1.165, 1.54) is 0 Å². The highest BCUT2D eigenvalue weighted by Crippen LogP contribution is 2.24. The molecule has 21 heavy (non-hydrogen) atoms. The van der Waals surface area contributed by atoms with Gasteiger partial charge in [-0.15, -0.1) is 0 Å². The Kier molecular flexibility index (Phi) is 3.29. The molecule has 0 aliphatic carbocycles.